The molecule has 102 valence electrons. The lowest BCUT2D eigenvalue weighted by Gasteiger charge is -2.41. The van der Waals surface area contributed by atoms with Crippen LogP contribution < -0.4 is 11.1 Å². The molecule has 0 spiro atoms. The van der Waals surface area contributed by atoms with Gasteiger partial charge in [-0.05, 0) is 31.9 Å². The van der Waals surface area contributed by atoms with Crippen LogP contribution in [0.2, 0.25) is 0 Å². The molecule has 5 heteroatoms. The van der Waals surface area contributed by atoms with E-state index in [9.17, 15) is 4.79 Å². The van der Waals surface area contributed by atoms with Crippen molar-refractivity contribution in [2.24, 2.45) is 11.1 Å². The van der Waals surface area contributed by atoms with Crippen molar-refractivity contribution in [3.63, 3.8) is 0 Å². The van der Waals surface area contributed by atoms with E-state index in [1.807, 2.05) is 11.8 Å². The van der Waals surface area contributed by atoms with Gasteiger partial charge < -0.3 is 11.1 Å². The monoisotopic (exact) mass is 286 g/mol. The van der Waals surface area contributed by atoms with Gasteiger partial charge in [-0.1, -0.05) is 31.5 Å². The third-order valence-electron chi connectivity index (χ3n) is 4.63. The SMILES string of the molecule is CSC1(CNC(=O)C2(C(N)=S)CCCC2)CCC1. The Balaban J connectivity index is 1.96. The normalized spacial score (nSPS) is 24.3. The van der Waals surface area contributed by atoms with Crippen LogP contribution in [0.1, 0.15) is 44.9 Å². The number of carbonyl (C=O) groups is 1. The van der Waals surface area contributed by atoms with E-state index in [0.717, 1.165) is 32.2 Å². The summed E-state index contributed by atoms with van der Waals surface area (Å²) in [6.45, 7) is 0.761. The minimum Gasteiger partial charge on any atom is -0.392 e. The summed E-state index contributed by atoms with van der Waals surface area (Å²) in [7, 11) is 0. The Labute approximate surface area is 119 Å². The van der Waals surface area contributed by atoms with Crippen molar-refractivity contribution in [3.05, 3.63) is 0 Å². The third-order valence-corrected chi connectivity index (χ3v) is 6.44. The van der Waals surface area contributed by atoms with E-state index in [0.29, 0.717) is 4.99 Å². The Kier molecular flexibility index (Phi) is 4.22. The van der Waals surface area contributed by atoms with Gasteiger partial charge in [0.1, 0.15) is 0 Å². The van der Waals surface area contributed by atoms with Crippen LogP contribution in [-0.4, -0.2) is 28.4 Å². The highest BCUT2D eigenvalue weighted by Crippen LogP contribution is 2.43. The molecule has 0 bridgehead atoms. The second-order valence-electron chi connectivity index (χ2n) is 5.58. The maximum atomic E-state index is 12.4. The number of hydrogen-bond donors (Lipinski definition) is 2. The molecule has 0 aromatic heterocycles. The van der Waals surface area contributed by atoms with Crippen LogP contribution in [0.15, 0.2) is 0 Å². The lowest BCUT2D eigenvalue weighted by Crippen LogP contribution is -2.52. The van der Waals surface area contributed by atoms with E-state index in [2.05, 4.69) is 11.6 Å². The van der Waals surface area contributed by atoms with E-state index in [1.165, 1.54) is 19.3 Å². The maximum absolute atomic E-state index is 12.4. The summed E-state index contributed by atoms with van der Waals surface area (Å²) >= 11 is 7.01. The van der Waals surface area contributed by atoms with Gasteiger partial charge in [0, 0.05) is 11.3 Å². The molecule has 0 aliphatic heterocycles. The Bertz CT molecular complexity index is 341. The third kappa shape index (κ3) is 2.39. The summed E-state index contributed by atoms with van der Waals surface area (Å²) in [5.74, 6) is 0.0628. The molecule has 3 nitrogen and oxygen atoms in total. The number of nitrogens with two attached hydrogens (primary N) is 1. The second-order valence-corrected chi connectivity index (χ2v) is 7.29. The van der Waals surface area contributed by atoms with Gasteiger partial charge in [0.15, 0.2) is 0 Å². The number of rotatable bonds is 5. The molecule has 0 saturated heterocycles. The number of thioether (sulfide) groups is 1. The van der Waals surface area contributed by atoms with Crippen molar-refractivity contribution in [2.75, 3.05) is 12.8 Å². The summed E-state index contributed by atoms with van der Waals surface area (Å²) in [4.78, 5) is 12.8. The highest BCUT2D eigenvalue weighted by atomic mass is 32.2. The molecular formula is C13H22N2OS2. The van der Waals surface area contributed by atoms with E-state index in [4.69, 9.17) is 18.0 Å². The molecule has 2 rings (SSSR count). The summed E-state index contributed by atoms with van der Waals surface area (Å²) in [5, 5.41) is 3.11. The molecule has 0 radical (unpaired) electrons. The van der Waals surface area contributed by atoms with Crippen LogP contribution in [0.4, 0.5) is 0 Å². The van der Waals surface area contributed by atoms with Crippen molar-refractivity contribution in [2.45, 2.75) is 49.7 Å². The van der Waals surface area contributed by atoms with Gasteiger partial charge in [-0.3, -0.25) is 4.79 Å². The zero-order valence-corrected chi connectivity index (χ0v) is 12.6. The van der Waals surface area contributed by atoms with Gasteiger partial charge in [0.25, 0.3) is 0 Å². The van der Waals surface area contributed by atoms with Crippen molar-refractivity contribution >= 4 is 34.9 Å². The van der Waals surface area contributed by atoms with E-state index >= 15 is 0 Å². The van der Waals surface area contributed by atoms with E-state index in [-0.39, 0.29) is 10.7 Å². The molecule has 0 unspecified atom stereocenters. The van der Waals surface area contributed by atoms with Crippen LogP contribution in [-0.2, 0) is 4.79 Å². The predicted molar refractivity (Wildman–Crippen MR) is 80.8 cm³/mol. The van der Waals surface area contributed by atoms with E-state index in [1.54, 1.807) is 0 Å². The summed E-state index contributed by atoms with van der Waals surface area (Å²) < 4.78 is 0.270. The average molecular weight is 286 g/mol. The number of thiocarbonyl (C=S) groups is 1. The van der Waals surface area contributed by atoms with Crippen molar-refractivity contribution in [3.8, 4) is 0 Å². The maximum Gasteiger partial charge on any atom is 0.233 e. The summed E-state index contributed by atoms with van der Waals surface area (Å²) in [6.07, 6.45) is 9.56. The van der Waals surface area contributed by atoms with E-state index < -0.39 is 5.41 Å². The molecule has 0 atom stereocenters. The molecule has 0 heterocycles. The summed E-state index contributed by atoms with van der Waals surface area (Å²) in [5.41, 5.74) is 5.26. The first kappa shape index (κ1) is 14.1. The highest BCUT2D eigenvalue weighted by Gasteiger charge is 2.45. The Morgan fingerprint density at radius 2 is 1.89 bits per heavy atom. The van der Waals surface area contributed by atoms with Crippen LogP contribution in [0.3, 0.4) is 0 Å². The van der Waals surface area contributed by atoms with Crippen LogP contribution in [0.25, 0.3) is 0 Å². The topological polar surface area (TPSA) is 55.1 Å². The smallest absolute Gasteiger partial charge is 0.233 e. The number of hydrogen-bond acceptors (Lipinski definition) is 3. The molecule has 1 amide bonds. The number of carbonyl (C=O) groups excluding carboxylic acids is 1. The average Bonchev–Trinajstić information content (AvgIpc) is 2.78. The predicted octanol–water partition coefficient (Wildman–Crippen LogP) is 2.23. The second kappa shape index (κ2) is 5.37. The zero-order valence-electron chi connectivity index (χ0n) is 11.0. The molecule has 3 N–H and O–H groups in total. The zero-order chi connectivity index (χ0) is 13.2. The van der Waals surface area contributed by atoms with Crippen LogP contribution in [0, 0.1) is 5.41 Å². The molecule has 2 aliphatic rings. The van der Waals surface area contributed by atoms with Gasteiger partial charge in [-0.2, -0.15) is 11.8 Å². The summed E-state index contributed by atoms with van der Waals surface area (Å²) in [6, 6.07) is 0. The van der Waals surface area contributed by atoms with Gasteiger partial charge in [0.05, 0.1) is 10.4 Å². The van der Waals surface area contributed by atoms with Crippen LogP contribution >= 0.6 is 24.0 Å². The molecule has 0 aromatic rings. The Morgan fingerprint density at radius 3 is 2.28 bits per heavy atom. The molecule has 18 heavy (non-hydrogen) atoms. The number of amides is 1. The van der Waals surface area contributed by atoms with Crippen molar-refractivity contribution in [1.29, 1.82) is 0 Å². The molecule has 2 fully saturated rings. The van der Waals surface area contributed by atoms with Crippen molar-refractivity contribution in [1.82, 2.24) is 5.32 Å². The molecule has 0 aromatic carbocycles. The molecule has 2 aliphatic carbocycles. The van der Waals surface area contributed by atoms with Crippen molar-refractivity contribution < 1.29 is 4.79 Å². The fourth-order valence-corrected chi connectivity index (χ4v) is 4.21. The lowest BCUT2D eigenvalue weighted by molar-refractivity contribution is -0.127. The van der Waals surface area contributed by atoms with Gasteiger partial charge >= 0.3 is 0 Å². The number of nitrogens with one attached hydrogen (secondary N) is 1. The quantitative estimate of drug-likeness (QED) is 0.761. The van der Waals surface area contributed by atoms with Crippen LogP contribution in [0.5, 0.6) is 0 Å². The standard InChI is InChI=1S/C13H22N2OS2/c1-18-12(5-4-6-12)9-15-11(16)13(10(14)17)7-2-3-8-13/h2-9H2,1H3,(H2,14,17)(H,15,16). The Morgan fingerprint density at radius 1 is 1.28 bits per heavy atom. The highest BCUT2D eigenvalue weighted by molar-refractivity contribution is 8.00. The fraction of sp³-hybridized carbons (Fsp3) is 0.846. The largest absolute Gasteiger partial charge is 0.392 e. The van der Waals surface area contributed by atoms with Gasteiger partial charge in [-0.25, -0.2) is 0 Å². The molecular weight excluding hydrogens is 264 g/mol. The molecule has 2 saturated carbocycles. The van der Waals surface area contributed by atoms with Gasteiger partial charge in [0.2, 0.25) is 5.91 Å². The fourth-order valence-electron chi connectivity index (χ4n) is 3.00. The minimum atomic E-state index is -0.557. The first-order valence-electron chi connectivity index (χ1n) is 6.68. The van der Waals surface area contributed by atoms with Gasteiger partial charge in [-0.15, -0.1) is 0 Å². The Hall–Kier alpha value is -0.290. The first-order valence-corrected chi connectivity index (χ1v) is 8.31. The minimum absolute atomic E-state index is 0.0628. The lowest BCUT2D eigenvalue weighted by atomic mass is 9.82. The first-order chi connectivity index (χ1) is 8.55.